The van der Waals surface area contributed by atoms with Crippen LogP contribution in [0.5, 0.6) is 0 Å². The Morgan fingerprint density at radius 1 is 0.507 bits per heavy atom. The molecule has 0 aromatic heterocycles. The molecule has 3 atom stereocenters. The third-order valence-electron chi connectivity index (χ3n) is 13.6. The van der Waals surface area contributed by atoms with Gasteiger partial charge in [-0.15, -0.1) is 0 Å². The summed E-state index contributed by atoms with van der Waals surface area (Å²) in [6, 6.07) is 47.2. The summed E-state index contributed by atoms with van der Waals surface area (Å²) in [5.74, 6) is -4.54. The van der Waals surface area contributed by atoms with Crippen LogP contribution in [0.2, 0.25) is 0 Å². The van der Waals surface area contributed by atoms with Gasteiger partial charge in [0, 0.05) is 30.5 Å². The first-order valence-corrected chi connectivity index (χ1v) is 23.5. The van der Waals surface area contributed by atoms with Crippen molar-refractivity contribution in [1.82, 2.24) is 10.6 Å². The average Bonchev–Trinajstić information content (AvgIpc) is 3.66. The molecule has 6 aromatic carbocycles. The molecule has 6 aromatic rings. The maximum Gasteiger partial charge on any atom is 0.338 e. The molecule has 340 valence electrons. The molecule has 4 aliphatic rings. The van der Waals surface area contributed by atoms with Crippen LogP contribution in [0.4, 0.5) is 5.69 Å². The summed E-state index contributed by atoms with van der Waals surface area (Å²) in [7, 11) is 0. The van der Waals surface area contributed by atoms with E-state index < -0.39 is 47.5 Å². The number of fused-ring (bicyclic) bond motifs is 1. The fraction of sp³-hybridized carbons (Fsp3) is 0.281. The molecule has 0 radical (unpaired) electrons. The van der Waals surface area contributed by atoms with Crippen molar-refractivity contribution in [1.29, 1.82) is 0 Å². The molecule has 0 spiro atoms. The van der Waals surface area contributed by atoms with Crippen LogP contribution in [0, 0.1) is 17.8 Å². The molecule has 0 unspecified atom stereocenters. The van der Waals surface area contributed by atoms with E-state index in [-0.39, 0.29) is 48.3 Å². The Morgan fingerprint density at radius 3 is 1.42 bits per heavy atom. The zero-order valence-electron chi connectivity index (χ0n) is 37.4. The predicted molar refractivity (Wildman–Crippen MR) is 256 cm³/mol. The molecule has 3 amide bonds. The lowest BCUT2D eigenvalue weighted by molar-refractivity contribution is -0.138. The molecule has 10 rings (SSSR count). The van der Waals surface area contributed by atoms with Gasteiger partial charge in [-0.2, -0.15) is 0 Å². The van der Waals surface area contributed by atoms with Crippen LogP contribution in [0.1, 0.15) is 110 Å². The van der Waals surface area contributed by atoms with Crippen LogP contribution in [0.3, 0.4) is 0 Å². The molecule has 10 heteroatoms. The SMILES string of the molecule is O=C(OCc1ccccc1)c1cc(NC(=O)[C@H](Cc2ccccc2)NC(=O)[C@H]2C3c4ccccc4C(c4ccccc43)[C@H]2C(=O)NCC2CCCCCC2)cc(C(=O)OCc2ccccc2)c1. The highest BCUT2D eigenvalue weighted by molar-refractivity contribution is 6.02. The zero-order chi connectivity index (χ0) is 46.1. The smallest absolute Gasteiger partial charge is 0.338 e. The van der Waals surface area contributed by atoms with Gasteiger partial charge in [0.1, 0.15) is 19.3 Å². The third kappa shape index (κ3) is 10.4. The highest BCUT2D eigenvalue weighted by Gasteiger charge is 2.55. The number of hydrogen-bond donors (Lipinski definition) is 3. The van der Waals surface area contributed by atoms with Gasteiger partial charge in [0.2, 0.25) is 17.7 Å². The molecule has 1 fully saturated rings. The van der Waals surface area contributed by atoms with Gasteiger partial charge in [0.05, 0.1) is 23.0 Å². The van der Waals surface area contributed by atoms with Gasteiger partial charge in [0.25, 0.3) is 0 Å². The number of benzene rings is 6. The minimum absolute atomic E-state index is 0.00715. The molecule has 0 saturated heterocycles. The largest absolute Gasteiger partial charge is 0.457 e. The number of carbonyl (C=O) groups is 5. The summed E-state index contributed by atoms with van der Waals surface area (Å²) in [6.07, 6.45) is 6.96. The van der Waals surface area contributed by atoms with Crippen LogP contribution >= 0.6 is 0 Å². The van der Waals surface area contributed by atoms with Crippen molar-refractivity contribution in [3.05, 3.63) is 208 Å². The molecule has 10 nitrogen and oxygen atoms in total. The van der Waals surface area contributed by atoms with Gasteiger partial charge in [-0.1, -0.05) is 165 Å². The van der Waals surface area contributed by atoms with Crippen molar-refractivity contribution in [2.75, 3.05) is 11.9 Å². The number of nitrogens with one attached hydrogen (secondary N) is 3. The maximum atomic E-state index is 15.3. The highest BCUT2D eigenvalue weighted by Crippen LogP contribution is 2.58. The normalized spacial score (nSPS) is 18.8. The fourth-order valence-corrected chi connectivity index (χ4v) is 10.3. The first kappa shape index (κ1) is 44.9. The van der Waals surface area contributed by atoms with Crippen molar-refractivity contribution in [2.45, 2.75) is 76.0 Å². The number of carbonyl (C=O) groups excluding carboxylic acids is 5. The van der Waals surface area contributed by atoms with Crippen molar-refractivity contribution in [3.63, 3.8) is 0 Å². The molecule has 1 saturated carbocycles. The lowest BCUT2D eigenvalue weighted by atomic mass is 9.53. The highest BCUT2D eigenvalue weighted by atomic mass is 16.5. The molecular formula is C57H55N3O7. The third-order valence-corrected chi connectivity index (χ3v) is 13.6. The van der Waals surface area contributed by atoms with Gasteiger partial charge < -0.3 is 25.4 Å². The maximum absolute atomic E-state index is 15.3. The number of amides is 3. The quantitative estimate of drug-likeness (QED) is 0.0689. The summed E-state index contributed by atoms with van der Waals surface area (Å²) >= 11 is 0. The standard InChI is InChI=1S/C57H55N3O7/c61-53(59-43-32-41(56(64)66-35-39-22-10-4-11-23-39)31-42(33-43)57(65)67-36-40-24-12-5-13-25-40)48(30-37-18-8-3-9-19-37)60-55(63)52-50-46-28-16-14-26-44(46)49(45-27-15-17-29-47(45)50)51(52)54(62)58-34-38-20-6-1-2-7-21-38/h3-5,8-19,22-29,31-33,38,48-52H,1-2,6-7,20-21,30,34-36H2,(H,58,62)(H,59,61)(H,60,63)/t48-,49?,50?,51+,52-/m0/s1. The lowest BCUT2D eigenvalue weighted by Gasteiger charge is -2.49. The molecular weight excluding hydrogens is 839 g/mol. The average molecular weight is 894 g/mol. The summed E-state index contributed by atoms with van der Waals surface area (Å²) in [5, 5.41) is 9.38. The van der Waals surface area contributed by atoms with E-state index in [4.69, 9.17) is 9.47 Å². The number of esters is 2. The Morgan fingerprint density at radius 2 is 0.940 bits per heavy atom. The molecule has 67 heavy (non-hydrogen) atoms. The number of hydrogen-bond acceptors (Lipinski definition) is 7. The van der Waals surface area contributed by atoms with Crippen LogP contribution in [-0.2, 0) is 43.5 Å². The van der Waals surface area contributed by atoms with Crippen LogP contribution in [0.15, 0.2) is 158 Å². The molecule has 4 aliphatic carbocycles. The first-order valence-electron chi connectivity index (χ1n) is 23.5. The van der Waals surface area contributed by atoms with Crippen molar-refractivity contribution < 1.29 is 33.4 Å². The fourth-order valence-electron chi connectivity index (χ4n) is 10.3. The summed E-state index contributed by atoms with van der Waals surface area (Å²) in [4.78, 5) is 72.1. The zero-order valence-corrected chi connectivity index (χ0v) is 37.4. The van der Waals surface area contributed by atoms with Crippen LogP contribution < -0.4 is 16.0 Å². The van der Waals surface area contributed by atoms with E-state index in [1.807, 2.05) is 115 Å². The second-order valence-electron chi connectivity index (χ2n) is 18.0. The molecule has 0 aliphatic heterocycles. The van der Waals surface area contributed by atoms with Gasteiger partial charge in [-0.05, 0) is 75.9 Å². The summed E-state index contributed by atoms with van der Waals surface area (Å²) in [6.45, 7) is 0.545. The van der Waals surface area contributed by atoms with Gasteiger partial charge >= 0.3 is 11.9 Å². The second kappa shape index (κ2) is 20.9. The van der Waals surface area contributed by atoms with Gasteiger partial charge in [-0.25, -0.2) is 9.59 Å². The Bertz CT molecular complexity index is 2600. The van der Waals surface area contributed by atoms with E-state index in [9.17, 15) is 19.2 Å². The number of rotatable bonds is 15. The van der Waals surface area contributed by atoms with E-state index in [0.717, 1.165) is 64.6 Å². The molecule has 0 heterocycles. The monoisotopic (exact) mass is 893 g/mol. The summed E-state index contributed by atoms with van der Waals surface area (Å²) in [5.41, 5.74) is 6.64. The van der Waals surface area contributed by atoms with E-state index in [1.54, 1.807) is 0 Å². The Labute approximate surface area is 391 Å². The van der Waals surface area contributed by atoms with Crippen LogP contribution in [-0.4, -0.2) is 42.2 Å². The van der Waals surface area contributed by atoms with Crippen molar-refractivity contribution >= 4 is 35.3 Å². The topological polar surface area (TPSA) is 140 Å². The van der Waals surface area contributed by atoms with Crippen molar-refractivity contribution in [3.8, 4) is 0 Å². The van der Waals surface area contributed by atoms with Gasteiger partial charge in [-0.3, -0.25) is 14.4 Å². The predicted octanol–water partition coefficient (Wildman–Crippen LogP) is 9.68. The Hall–Kier alpha value is -7.33. The van der Waals surface area contributed by atoms with E-state index >= 15 is 4.79 Å². The Balaban J connectivity index is 1.02. The van der Waals surface area contributed by atoms with E-state index in [0.29, 0.717) is 12.5 Å². The Kier molecular flexibility index (Phi) is 14.0. The minimum Gasteiger partial charge on any atom is -0.457 e. The second-order valence-corrected chi connectivity index (χ2v) is 18.0. The lowest BCUT2D eigenvalue weighted by Crippen LogP contribution is -2.56. The number of anilines is 1. The number of ether oxygens (including phenoxy) is 2. The van der Waals surface area contributed by atoms with E-state index in [2.05, 4.69) is 40.2 Å². The molecule has 3 N–H and O–H groups in total. The first-order chi connectivity index (χ1) is 32.8. The molecule has 2 bridgehead atoms. The summed E-state index contributed by atoms with van der Waals surface area (Å²) < 4.78 is 11.3. The van der Waals surface area contributed by atoms with Crippen LogP contribution in [0.25, 0.3) is 0 Å². The van der Waals surface area contributed by atoms with Crippen molar-refractivity contribution in [2.24, 2.45) is 17.8 Å². The minimum atomic E-state index is -1.13. The van der Waals surface area contributed by atoms with Gasteiger partial charge in [0.15, 0.2) is 0 Å². The van der Waals surface area contributed by atoms with E-state index in [1.165, 1.54) is 31.0 Å².